The van der Waals surface area contributed by atoms with Crippen molar-refractivity contribution < 1.29 is 0 Å². The lowest BCUT2D eigenvalue weighted by Crippen LogP contribution is -2.37. The maximum Gasteiger partial charge on any atom is 0.00814 e. The van der Waals surface area contributed by atoms with E-state index in [0.717, 1.165) is 13.0 Å². The molecule has 2 N–H and O–H groups in total. The maximum atomic E-state index is 5.79. The van der Waals surface area contributed by atoms with Crippen LogP contribution in [0.3, 0.4) is 0 Å². The molecule has 0 rings (SSSR count). The van der Waals surface area contributed by atoms with Gasteiger partial charge in [-0.1, -0.05) is 20.3 Å². The van der Waals surface area contributed by atoms with Gasteiger partial charge in [0.1, 0.15) is 0 Å². The summed E-state index contributed by atoms with van der Waals surface area (Å²) in [4.78, 5) is 2.52. The number of unbranched alkanes of at least 4 members (excludes halogenated alkanes) is 1. The van der Waals surface area contributed by atoms with Gasteiger partial charge in [0.2, 0.25) is 0 Å². The first-order valence-corrected chi connectivity index (χ1v) is 5.61. The molecule has 0 spiro atoms. The highest BCUT2D eigenvalue weighted by molar-refractivity contribution is 4.69. The molecule has 0 aliphatic carbocycles. The van der Waals surface area contributed by atoms with Crippen LogP contribution in [0.25, 0.3) is 0 Å². The van der Waals surface area contributed by atoms with Crippen LogP contribution in [0.2, 0.25) is 0 Å². The fourth-order valence-corrected chi connectivity index (χ4v) is 1.74. The van der Waals surface area contributed by atoms with Crippen molar-refractivity contribution in [2.24, 2.45) is 5.73 Å². The van der Waals surface area contributed by atoms with Gasteiger partial charge in [0.15, 0.2) is 0 Å². The lowest BCUT2D eigenvalue weighted by molar-refractivity contribution is 0.200. The fraction of sp³-hybridized carbons (Fsp3) is 1.00. The third-order valence-electron chi connectivity index (χ3n) is 2.54. The topological polar surface area (TPSA) is 29.3 Å². The predicted molar refractivity (Wildman–Crippen MR) is 59.9 cm³/mol. The third kappa shape index (κ3) is 6.05. The average Bonchev–Trinajstić information content (AvgIpc) is 2.04. The molecule has 0 aromatic rings. The molecule has 2 nitrogen and oxygen atoms in total. The van der Waals surface area contributed by atoms with Crippen LogP contribution in [-0.4, -0.2) is 30.1 Å². The van der Waals surface area contributed by atoms with E-state index in [2.05, 4.69) is 32.6 Å². The summed E-state index contributed by atoms with van der Waals surface area (Å²) in [5.74, 6) is 0. The van der Waals surface area contributed by atoms with Gasteiger partial charge in [-0.05, 0) is 39.8 Å². The summed E-state index contributed by atoms with van der Waals surface area (Å²) in [6.07, 6.45) is 3.69. The van der Waals surface area contributed by atoms with E-state index in [1.165, 1.54) is 19.4 Å². The number of hydrogen-bond acceptors (Lipinski definition) is 2. The Bertz CT molecular complexity index is 113. The van der Waals surface area contributed by atoms with E-state index >= 15 is 0 Å². The van der Waals surface area contributed by atoms with Gasteiger partial charge in [0, 0.05) is 12.1 Å². The van der Waals surface area contributed by atoms with Gasteiger partial charge < -0.3 is 10.6 Å². The monoisotopic (exact) mass is 186 g/mol. The maximum absolute atomic E-state index is 5.79. The first-order chi connectivity index (χ1) is 6.11. The Morgan fingerprint density at radius 1 is 1.23 bits per heavy atom. The van der Waals surface area contributed by atoms with Gasteiger partial charge in [-0.15, -0.1) is 0 Å². The second-order valence-corrected chi connectivity index (χ2v) is 4.04. The molecule has 2 heteroatoms. The first-order valence-electron chi connectivity index (χ1n) is 5.61. The van der Waals surface area contributed by atoms with Crippen molar-refractivity contribution in [3.63, 3.8) is 0 Å². The Labute approximate surface area is 83.5 Å². The van der Waals surface area contributed by atoms with E-state index < -0.39 is 0 Å². The minimum atomic E-state index is 0.325. The van der Waals surface area contributed by atoms with Crippen LogP contribution in [0.15, 0.2) is 0 Å². The fourth-order valence-electron chi connectivity index (χ4n) is 1.74. The molecule has 0 aromatic heterocycles. The third-order valence-corrected chi connectivity index (χ3v) is 2.54. The Morgan fingerprint density at radius 2 is 1.85 bits per heavy atom. The Morgan fingerprint density at radius 3 is 2.23 bits per heavy atom. The quantitative estimate of drug-likeness (QED) is 0.660. The first kappa shape index (κ1) is 12.9. The molecule has 0 aliphatic heterocycles. The summed E-state index contributed by atoms with van der Waals surface area (Å²) in [5, 5.41) is 0. The highest BCUT2D eigenvalue weighted by Gasteiger charge is 2.12. The second kappa shape index (κ2) is 7.34. The summed E-state index contributed by atoms with van der Waals surface area (Å²) in [6.45, 7) is 11.2. The predicted octanol–water partition coefficient (Wildman–Crippen LogP) is 2.23. The summed E-state index contributed by atoms with van der Waals surface area (Å²) in [6, 6.07) is 0.960. The van der Waals surface area contributed by atoms with Crippen molar-refractivity contribution in [3.8, 4) is 0 Å². The number of nitrogens with two attached hydrogens (primary N) is 1. The lowest BCUT2D eigenvalue weighted by atomic mass is 10.1. The molecule has 0 radical (unpaired) electrons. The molecule has 0 heterocycles. The Kier molecular flexibility index (Phi) is 7.29. The van der Waals surface area contributed by atoms with Crippen LogP contribution < -0.4 is 5.73 Å². The van der Waals surface area contributed by atoms with E-state index in [1.807, 2.05) is 0 Å². The summed E-state index contributed by atoms with van der Waals surface area (Å²) in [7, 11) is 0. The number of nitrogens with zero attached hydrogens (tertiary/aromatic N) is 1. The van der Waals surface area contributed by atoms with Crippen molar-refractivity contribution in [3.05, 3.63) is 0 Å². The minimum absolute atomic E-state index is 0.325. The largest absolute Gasteiger partial charge is 0.328 e. The zero-order valence-electron chi connectivity index (χ0n) is 9.71. The van der Waals surface area contributed by atoms with Gasteiger partial charge in [-0.25, -0.2) is 0 Å². The Balaban J connectivity index is 3.77. The van der Waals surface area contributed by atoms with E-state index in [4.69, 9.17) is 5.73 Å². The molecule has 0 bridgehead atoms. The van der Waals surface area contributed by atoms with Crippen LogP contribution in [0.4, 0.5) is 0 Å². The molecule has 80 valence electrons. The van der Waals surface area contributed by atoms with E-state index in [0.29, 0.717) is 12.1 Å². The van der Waals surface area contributed by atoms with E-state index in [1.54, 1.807) is 0 Å². The van der Waals surface area contributed by atoms with Crippen LogP contribution in [0.5, 0.6) is 0 Å². The molecule has 2 unspecified atom stereocenters. The molecule has 0 saturated carbocycles. The van der Waals surface area contributed by atoms with Crippen LogP contribution in [0.1, 0.15) is 47.0 Å². The summed E-state index contributed by atoms with van der Waals surface area (Å²) < 4.78 is 0. The van der Waals surface area contributed by atoms with Crippen LogP contribution in [-0.2, 0) is 0 Å². The number of rotatable bonds is 7. The molecule has 2 atom stereocenters. The van der Waals surface area contributed by atoms with Gasteiger partial charge >= 0.3 is 0 Å². The lowest BCUT2D eigenvalue weighted by Gasteiger charge is -2.28. The molecule has 0 fully saturated rings. The molecular weight excluding hydrogens is 160 g/mol. The van der Waals surface area contributed by atoms with E-state index in [-0.39, 0.29) is 0 Å². The molecule has 13 heavy (non-hydrogen) atoms. The summed E-state index contributed by atoms with van der Waals surface area (Å²) >= 11 is 0. The molecule has 0 aliphatic rings. The number of hydrogen-bond donors (Lipinski definition) is 1. The van der Waals surface area contributed by atoms with Crippen molar-refractivity contribution in [2.45, 2.75) is 59.0 Å². The molecule has 0 amide bonds. The van der Waals surface area contributed by atoms with Crippen molar-refractivity contribution in [1.82, 2.24) is 4.90 Å². The second-order valence-electron chi connectivity index (χ2n) is 4.04. The zero-order chi connectivity index (χ0) is 10.3. The van der Waals surface area contributed by atoms with Crippen molar-refractivity contribution in [1.29, 1.82) is 0 Å². The molecule has 0 aromatic carbocycles. The van der Waals surface area contributed by atoms with Gasteiger partial charge in [-0.2, -0.15) is 0 Å². The molecule has 0 saturated heterocycles. The SMILES string of the molecule is CCCCN(CC)C(C)CC(C)N. The smallest absolute Gasteiger partial charge is 0.00814 e. The average molecular weight is 186 g/mol. The summed E-state index contributed by atoms with van der Waals surface area (Å²) in [5.41, 5.74) is 5.79. The minimum Gasteiger partial charge on any atom is -0.328 e. The van der Waals surface area contributed by atoms with Gasteiger partial charge in [-0.3, -0.25) is 0 Å². The highest BCUT2D eigenvalue weighted by Crippen LogP contribution is 2.06. The van der Waals surface area contributed by atoms with Crippen molar-refractivity contribution in [2.75, 3.05) is 13.1 Å². The van der Waals surface area contributed by atoms with Gasteiger partial charge in [0.05, 0.1) is 0 Å². The standard InChI is InChI=1S/C11H26N2/c1-5-7-8-13(6-2)11(4)9-10(3)12/h10-11H,5-9,12H2,1-4H3. The van der Waals surface area contributed by atoms with Crippen molar-refractivity contribution >= 4 is 0 Å². The van der Waals surface area contributed by atoms with Crippen LogP contribution >= 0.6 is 0 Å². The van der Waals surface area contributed by atoms with Crippen LogP contribution in [0, 0.1) is 0 Å². The zero-order valence-corrected chi connectivity index (χ0v) is 9.71. The highest BCUT2D eigenvalue weighted by atomic mass is 15.1. The van der Waals surface area contributed by atoms with E-state index in [9.17, 15) is 0 Å². The molecular formula is C11H26N2. The Hall–Kier alpha value is -0.0800. The normalized spacial score (nSPS) is 16.2. The van der Waals surface area contributed by atoms with Gasteiger partial charge in [0.25, 0.3) is 0 Å².